The molecule has 1 rings (SSSR count). The van der Waals surface area contributed by atoms with Crippen molar-refractivity contribution in [2.24, 2.45) is 0 Å². The third-order valence-electron chi connectivity index (χ3n) is 1.63. The number of thiazole rings is 1. The van der Waals surface area contributed by atoms with Gasteiger partial charge in [-0.2, -0.15) is 0 Å². The summed E-state index contributed by atoms with van der Waals surface area (Å²) >= 11 is 5.11. The zero-order chi connectivity index (χ0) is 8.81. The molecule has 0 saturated carbocycles. The quantitative estimate of drug-likeness (QED) is 0.810. The van der Waals surface area contributed by atoms with Gasteiger partial charge in [-0.05, 0) is 13.3 Å². The minimum Gasteiger partial charge on any atom is -0.308 e. The van der Waals surface area contributed by atoms with Gasteiger partial charge in [-0.15, -0.1) is 11.3 Å². The number of hydrogen-bond donors (Lipinski definition) is 1. The Bertz CT molecular complexity index is 201. The fraction of sp³-hybridized carbons (Fsp3) is 0.625. The van der Waals surface area contributed by atoms with Crippen LogP contribution in [-0.4, -0.2) is 16.4 Å². The average Bonchev–Trinajstić information content (AvgIpc) is 2.53. The highest BCUT2D eigenvalue weighted by atomic mass is 79.9. The van der Waals surface area contributed by atoms with Crippen LogP contribution in [0.2, 0.25) is 0 Å². The summed E-state index contributed by atoms with van der Waals surface area (Å²) in [6.45, 7) is 3.08. The first-order chi connectivity index (χ1) is 5.83. The van der Waals surface area contributed by atoms with E-state index in [0.717, 1.165) is 23.3 Å². The lowest BCUT2D eigenvalue weighted by atomic mass is 10.3. The van der Waals surface area contributed by atoms with Crippen molar-refractivity contribution in [2.45, 2.75) is 25.9 Å². The van der Waals surface area contributed by atoms with E-state index in [9.17, 15) is 0 Å². The SMILES string of the molecule is CC(CCBr)NCc1nccs1. The second-order valence-corrected chi connectivity index (χ2v) is 4.46. The fourth-order valence-electron chi connectivity index (χ4n) is 0.868. The maximum atomic E-state index is 4.19. The Kier molecular flexibility index (Phi) is 4.80. The molecule has 1 atom stereocenters. The summed E-state index contributed by atoms with van der Waals surface area (Å²) in [5, 5.41) is 7.63. The number of nitrogens with zero attached hydrogens (tertiary/aromatic N) is 1. The van der Waals surface area contributed by atoms with Crippen molar-refractivity contribution in [3.63, 3.8) is 0 Å². The first-order valence-electron chi connectivity index (χ1n) is 4.00. The molecule has 1 heterocycles. The van der Waals surface area contributed by atoms with Crippen LogP contribution in [-0.2, 0) is 6.54 Å². The van der Waals surface area contributed by atoms with Crippen LogP contribution in [0.15, 0.2) is 11.6 Å². The van der Waals surface area contributed by atoms with Gasteiger partial charge in [0.15, 0.2) is 0 Å². The third-order valence-corrected chi connectivity index (χ3v) is 2.86. The molecule has 0 fully saturated rings. The second kappa shape index (κ2) is 5.67. The van der Waals surface area contributed by atoms with Gasteiger partial charge in [0.2, 0.25) is 0 Å². The Hall–Kier alpha value is 0.0700. The molecule has 0 aromatic carbocycles. The van der Waals surface area contributed by atoms with Crippen molar-refractivity contribution in [3.05, 3.63) is 16.6 Å². The van der Waals surface area contributed by atoms with Crippen LogP contribution in [0.1, 0.15) is 18.4 Å². The van der Waals surface area contributed by atoms with Gasteiger partial charge in [0.05, 0.1) is 0 Å². The smallest absolute Gasteiger partial charge is 0.106 e. The Morgan fingerprint density at radius 1 is 1.75 bits per heavy atom. The standard InChI is InChI=1S/C8H13BrN2S/c1-7(2-3-9)11-6-8-10-4-5-12-8/h4-5,7,11H,2-3,6H2,1H3. The predicted molar refractivity (Wildman–Crippen MR) is 56.8 cm³/mol. The summed E-state index contributed by atoms with van der Waals surface area (Å²) < 4.78 is 0. The van der Waals surface area contributed by atoms with Crippen LogP contribution in [0.5, 0.6) is 0 Å². The minimum absolute atomic E-state index is 0.563. The fourth-order valence-corrected chi connectivity index (χ4v) is 2.12. The van der Waals surface area contributed by atoms with Crippen LogP contribution in [0.3, 0.4) is 0 Å². The van der Waals surface area contributed by atoms with Gasteiger partial charge in [0.1, 0.15) is 5.01 Å². The molecule has 1 unspecified atom stereocenters. The number of halogens is 1. The van der Waals surface area contributed by atoms with Gasteiger partial charge < -0.3 is 5.32 Å². The van der Waals surface area contributed by atoms with Crippen molar-refractivity contribution in [3.8, 4) is 0 Å². The number of aromatic nitrogens is 1. The number of alkyl halides is 1. The lowest BCUT2D eigenvalue weighted by molar-refractivity contribution is 0.537. The van der Waals surface area contributed by atoms with Gasteiger partial charge in [-0.25, -0.2) is 4.98 Å². The van der Waals surface area contributed by atoms with Crippen LogP contribution in [0.25, 0.3) is 0 Å². The van der Waals surface area contributed by atoms with Gasteiger partial charge in [0, 0.05) is 29.5 Å². The molecule has 0 aliphatic rings. The van der Waals surface area contributed by atoms with E-state index in [1.807, 2.05) is 11.6 Å². The lowest BCUT2D eigenvalue weighted by Gasteiger charge is -2.09. The zero-order valence-corrected chi connectivity index (χ0v) is 9.49. The Morgan fingerprint density at radius 2 is 2.58 bits per heavy atom. The third kappa shape index (κ3) is 3.65. The van der Waals surface area contributed by atoms with E-state index in [4.69, 9.17) is 0 Å². The molecule has 1 aromatic rings. The molecule has 68 valence electrons. The molecule has 0 bridgehead atoms. The summed E-state index contributed by atoms with van der Waals surface area (Å²) in [6.07, 6.45) is 3.00. The van der Waals surface area contributed by atoms with Crippen LogP contribution in [0.4, 0.5) is 0 Å². The molecular formula is C8H13BrN2S. The zero-order valence-electron chi connectivity index (χ0n) is 7.09. The molecule has 0 saturated heterocycles. The van der Waals surface area contributed by atoms with E-state index in [2.05, 4.69) is 33.2 Å². The predicted octanol–water partition coefficient (Wildman–Crippen LogP) is 2.41. The second-order valence-electron chi connectivity index (χ2n) is 2.69. The first kappa shape index (κ1) is 10.2. The molecular weight excluding hydrogens is 236 g/mol. The van der Waals surface area contributed by atoms with Crippen LogP contribution < -0.4 is 5.32 Å². The molecule has 0 aliphatic carbocycles. The molecule has 0 spiro atoms. The van der Waals surface area contributed by atoms with Gasteiger partial charge in [0.25, 0.3) is 0 Å². The average molecular weight is 249 g/mol. The molecule has 4 heteroatoms. The molecule has 2 nitrogen and oxygen atoms in total. The van der Waals surface area contributed by atoms with Crippen molar-refractivity contribution in [2.75, 3.05) is 5.33 Å². The van der Waals surface area contributed by atoms with Crippen molar-refractivity contribution < 1.29 is 0 Å². The van der Waals surface area contributed by atoms with E-state index in [0.29, 0.717) is 6.04 Å². The summed E-state index contributed by atoms with van der Waals surface area (Å²) in [5.41, 5.74) is 0. The number of rotatable bonds is 5. The molecule has 12 heavy (non-hydrogen) atoms. The maximum absolute atomic E-state index is 4.19. The Labute approximate surface area is 85.5 Å². The maximum Gasteiger partial charge on any atom is 0.106 e. The van der Waals surface area contributed by atoms with Crippen LogP contribution >= 0.6 is 27.3 Å². The van der Waals surface area contributed by atoms with Crippen molar-refractivity contribution >= 4 is 27.3 Å². The topological polar surface area (TPSA) is 24.9 Å². The molecule has 0 radical (unpaired) electrons. The monoisotopic (exact) mass is 248 g/mol. The van der Waals surface area contributed by atoms with Crippen molar-refractivity contribution in [1.29, 1.82) is 0 Å². The van der Waals surface area contributed by atoms with Crippen molar-refractivity contribution in [1.82, 2.24) is 10.3 Å². The number of nitrogens with one attached hydrogen (secondary N) is 1. The van der Waals surface area contributed by atoms with E-state index in [-0.39, 0.29) is 0 Å². The van der Waals surface area contributed by atoms with Gasteiger partial charge >= 0.3 is 0 Å². The molecule has 1 aromatic heterocycles. The normalized spacial score (nSPS) is 13.2. The van der Waals surface area contributed by atoms with Gasteiger partial charge in [-0.1, -0.05) is 15.9 Å². The highest BCUT2D eigenvalue weighted by molar-refractivity contribution is 9.09. The van der Waals surface area contributed by atoms with E-state index >= 15 is 0 Å². The minimum atomic E-state index is 0.563. The summed E-state index contributed by atoms with van der Waals surface area (Å²) in [5.74, 6) is 0. The van der Waals surface area contributed by atoms with E-state index in [1.54, 1.807) is 11.3 Å². The van der Waals surface area contributed by atoms with E-state index in [1.165, 1.54) is 0 Å². The first-order valence-corrected chi connectivity index (χ1v) is 6.00. The highest BCUT2D eigenvalue weighted by Gasteiger charge is 2.00. The summed E-state index contributed by atoms with van der Waals surface area (Å²) in [7, 11) is 0. The molecule has 0 amide bonds. The largest absolute Gasteiger partial charge is 0.308 e. The summed E-state index contributed by atoms with van der Waals surface area (Å²) in [4.78, 5) is 4.19. The molecule has 0 aliphatic heterocycles. The highest BCUT2D eigenvalue weighted by Crippen LogP contribution is 2.04. The summed E-state index contributed by atoms with van der Waals surface area (Å²) in [6, 6.07) is 0.563. The van der Waals surface area contributed by atoms with Crippen LogP contribution in [0, 0.1) is 0 Å². The van der Waals surface area contributed by atoms with Gasteiger partial charge in [-0.3, -0.25) is 0 Å². The van der Waals surface area contributed by atoms with E-state index < -0.39 is 0 Å². The Morgan fingerprint density at radius 3 is 3.17 bits per heavy atom. The molecule has 1 N–H and O–H groups in total. The number of hydrogen-bond acceptors (Lipinski definition) is 3. The Balaban J connectivity index is 2.17. The lowest BCUT2D eigenvalue weighted by Crippen LogP contribution is -2.25.